The molecule has 4 aromatic rings. The molecule has 6 nitrogen and oxygen atoms in total. The van der Waals surface area contributed by atoms with E-state index in [1.807, 2.05) is 24.3 Å². The molecule has 0 saturated heterocycles. The highest BCUT2D eigenvalue weighted by Crippen LogP contribution is 2.20. The number of hydrogen-bond acceptors (Lipinski definition) is 4. The highest BCUT2D eigenvalue weighted by atomic mass is 16.3. The number of nitrogens with one attached hydrogen (secondary N) is 1. The number of aromatic nitrogens is 2. The van der Waals surface area contributed by atoms with E-state index in [1.54, 1.807) is 72.2 Å². The first-order valence-corrected chi connectivity index (χ1v) is 9.19. The summed E-state index contributed by atoms with van der Waals surface area (Å²) in [5, 5.41) is 2.87. The maximum absolute atomic E-state index is 13.0. The fourth-order valence-corrected chi connectivity index (χ4v) is 3.09. The molecular weight excluding hydrogens is 366 g/mol. The zero-order valence-electron chi connectivity index (χ0n) is 15.6. The lowest BCUT2D eigenvalue weighted by atomic mass is 10.0. The van der Waals surface area contributed by atoms with E-state index in [0.29, 0.717) is 17.7 Å². The molecule has 1 amide bonds. The SMILES string of the molecule is O=C(NC(Cn1ccnc1)C(=O)c1ccccc1)c1ccc(-c2ccoc2)cc1. The van der Waals surface area contributed by atoms with Crippen LogP contribution in [0.3, 0.4) is 0 Å². The summed E-state index contributed by atoms with van der Waals surface area (Å²) in [4.78, 5) is 29.8. The first-order valence-electron chi connectivity index (χ1n) is 9.19. The molecule has 1 atom stereocenters. The third kappa shape index (κ3) is 4.32. The van der Waals surface area contributed by atoms with Gasteiger partial charge in [0.05, 0.1) is 25.4 Å². The molecule has 0 aliphatic carbocycles. The van der Waals surface area contributed by atoms with E-state index < -0.39 is 6.04 Å². The molecule has 2 aromatic heterocycles. The highest BCUT2D eigenvalue weighted by Gasteiger charge is 2.23. The number of furan rings is 1. The minimum Gasteiger partial charge on any atom is -0.472 e. The lowest BCUT2D eigenvalue weighted by molar-refractivity contribution is 0.0847. The van der Waals surface area contributed by atoms with E-state index in [4.69, 9.17) is 4.42 Å². The van der Waals surface area contributed by atoms with Crippen molar-refractivity contribution in [3.63, 3.8) is 0 Å². The Morgan fingerprint density at radius 1 is 0.966 bits per heavy atom. The number of Topliss-reactive ketones (excluding diaryl/α,β-unsaturated/α-hetero) is 1. The van der Waals surface area contributed by atoms with E-state index in [2.05, 4.69) is 10.3 Å². The zero-order chi connectivity index (χ0) is 20.1. The smallest absolute Gasteiger partial charge is 0.251 e. The lowest BCUT2D eigenvalue weighted by Gasteiger charge is -2.18. The van der Waals surface area contributed by atoms with Gasteiger partial charge in [-0.2, -0.15) is 0 Å². The zero-order valence-corrected chi connectivity index (χ0v) is 15.6. The summed E-state index contributed by atoms with van der Waals surface area (Å²) in [6, 6.07) is 17.3. The van der Waals surface area contributed by atoms with E-state index in [1.165, 1.54) is 0 Å². The van der Waals surface area contributed by atoms with E-state index in [9.17, 15) is 9.59 Å². The predicted octanol–water partition coefficient (Wildman–Crippen LogP) is 3.82. The van der Waals surface area contributed by atoms with Crippen LogP contribution in [-0.4, -0.2) is 27.3 Å². The van der Waals surface area contributed by atoms with Crippen LogP contribution < -0.4 is 5.32 Å². The molecule has 29 heavy (non-hydrogen) atoms. The Morgan fingerprint density at radius 3 is 2.41 bits per heavy atom. The molecule has 6 heteroatoms. The van der Waals surface area contributed by atoms with Crippen LogP contribution in [0.4, 0.5) is 0 Å². The molecule has 0 saturated carbocycles. The van der Waals surface area contributed by atoms with Crippen molar-refractivity contribution in [2.24, 2.45) is 0 Å². The number of rotatable bonds is 7. The third-order valence-electron chi connectivity index (χ3n) is 4.63. The number of hydrogen-bond donors (Lipinski definition) is 1. The summed E-state index contributed by atoms with van der Waals surface area (Å²) in [7, 11) is 0. The van der Waals surface area contributed by atoms with Gasteiger partial charge in [-0.15, -0.1) is 0 Å². The molecule has 0 fully saturated rings. The number of carbonyl (C=O) groups is 2. The van der Waals surface area contributed by atoms with Crippen molar-refractivity contribution in [3.05, 3.63) is 103 Å². The number of ketones is 1. The third-order valence-corrected chi connectivity index (χ3v) is 4.63. The maximum Gasteiger partial charge on any atom is 0.251 e. The van der Waals surface area contributed by atoms with Crippen LogP contribution in [0.2, 0.25) is 0 Å². The Balaban J connectivity index is 1.53. The molecular formula is C23H19N3O3. The summed E-state index contributed by atoms with van der Waals surface area (Å²) >= 11 is 0. The van der Waals surface area contributed by atoms with Gasteiger partial charge in [0.2, 0.25) is 0 Å². The van der Waals surface area contributed by atoms with Crippen LogP contribution in [-0.2, 0) is 6.54 Å². The second-order valence-electron chi connectivity index (χ2n) is 6.61. The monoisotopic (exact) mass is 385 g/mol. The van der Waals surface area contributed by atoms with Crippen molar-refractivity contribution in [1.82, 2.24) is 14.9 Å². The van der Waals surface area contributed by atoms with Gasteiger partial charge in [0.25, 0.3) is 5.91 Å². The highest BCUT2D eigenvalue weighted by molar-refractivity contribution is 6.04. The molecule has 0 radical (unpaired) electrons. The molecule has 0 aliphatic rings. The number of amides is 1. The Kier molecular flexibility index (Phi) is 5.33. The fourth-order valence-electron chi connectivity index (χ4n) is 3.09. The number of benzene rings is 2. The van der Waals surface area contributed by atoms with Gasteiger partial charge >= 0.3 is 0 Å². The van der Waals surface area contributed by atoms with Gasteiger partial charge in [0.1, 0.15) is 6.04 Å². The van der Waals surface area contributed by atoms with Crippen molar-refractivity contribution >= 4 is 11.7 Å². The van der Waals surface area contributed by atoms with Crippen LogP contribution in [0.1, 0.15) is 20.7 Å². The summed E-state index contributed by atoms with van der Waals surface area (Å²) in [6.45, 7) is 0.298. The van der Waals surface area contributed by atoms with Crippen LogP contribution in [0.5, 0.6) is 0 Å². The molecule has 1 N–H and O–H groups in total. The molecule has 1 unspecified atom stereocenters. The van der Waals surface area contributed by atoms with Crippen molar-refractivity contribution in [2.75, 3.05) is 0 Å². The Bertz CT molecular complexity index is 1070. The minimum absolute atomic E-state index is 0.150. The summed E-state index contributed by atoms with van der Waals surface area (Å²) in [6.07, 6.45) is 8.27. The Hall–Kier alpha value is -3.93. The Morgan fingerprint density at radius 2 is 1.76 bits per heavy atom. The molecule has 2 aromatic carbocycles. The van der Waals surface area contributed by atoms with Gasteiger partial charge in [-0.25, -0.2) is 4.98 Å². The maximum atomic E-state index is 13.0. The molecule has 0 aliphatic heterocycles. The Labute approximate surface area is 167 Å². The van der Waals surface area contributed by atoms with Crippen molar-refractivity contribution in [3.8, 4) is 11.1 Å². The average molecular weight is 385 g/mol. The van der Waals surface area contributed by atoms with Gasteiger partial charge in [-0.1, -0.05) is 42.5 Å². The summed E-state index contributed by atoms with van der Waals surface area (Å²) < 4.78 is 6.86. The molecule has 2 heterocycles. The van der Waals surface area contributed by atoms with E-state index in [0.717, 1.165) is 11.1 Å². The van der Waals surface area contributed by atoms with Crippen LogP contribution in [0, 0.1) is 0 Å². The van der Waals surface area contributed by atoms with Gasteiger partial charge in [0.15, 0.2) is 5.78 Å². The van der Waals surface area contributed by atoms with Crippen molar-refractivity contribution in [1.29, 1.82) is 0 Å². The molecule has 4 rings (SSSR count). The van der Waals surface area contributed by atoms with Crippen LogP contribution >= 0.6 is 0 Å². The summed E-state index contributed by atoms with van der Waals surface area (Å²) in [5.41, 5.74) is 2.92. The second-order valence-corrected chi connectivity index (χ2v) is 6.61. The average Bonchev–Trinajstić information content (AvgIpc) is 3.48. The van der Waals surface area contributed by atoms with Crippen LogP contribution in [0.15, 0.2) is 96.3 Å². The van der Waals surface area contributed by atoms with E-state index >= 15 is 0 Å². The fraction of sp³-hybridized carbons (Fsp3) is 0.0870. The topological polar surface area (TPSA) is 77.1 Å². The predicted molar refractivity (Wildman–Crippen MR) is 108 cm³/mol. The molecule has 144 valence electrons. The van der Waals surface area contributed by atoms with Gasteiger partial charge < -0.3 is 14.3 Å². The molecule has 0 spiro atoms. The number of nitrogens with zero attached hydrogens (tertiary/aromatic N) is 2. The standard InChI is InChI=1S/C23H19N3O3/c27-22(18-4-2-1-3-5-18)21(14-26-12-11-24-16-26)25-23(28)19-8-6-17(7-9-19)20-10-13-29-15-20/h1-13,15-16,21H,14H2,(H,25,28). The van der Waals surface area contributed by atoms with Crippen LogP contribution in [0.25, 0.3) is 11.1 Å². The second kappa shape index (κ2) is 8.39. The van der Waals surface area contributed by atoms with Gasteiger partial charge in [-0.3, -0.25) is 9.59 Å². The first kappa shape index (κ1) is 18.4. The van der Waals surface area contributed by atoms with Gasteiger partial charge in [0, 0.05) is 29.1 Å². The minimum atomic E-state index is -0.715. The number of carbonyl (C=O) groups excluding carboxylic acids is 2. The summed E-state index contributed by atoms with van der Waals surface area (Å²) in [5.74, 6) is -0.458. The van der Waals surface area contributed by atoms with Crippen molar-refractivity contribution < 1.29 is 14.0 Å². The van der Waals surface area contributed by atoms with Gasteiger partial charge in [-0.05, 0) is 23.8 Å². The quantitative estimate of drug-likeness (QED) is 0.491. The normalized spacial score (nSPS) is 11.7. The number of imidazole rings is 1. The van der Waals surface area contributed by atoms with Crippen molar-refractivity contribution in [2.45, 2.75) is 12.6 Å². The lowest BCUT2D eigenvalue weighted by Crippen LogP contribution is -2.43. The van der Waals surface area contributed by atoms with E-state index in [-0.39, 0.29) is 11.7 Å². The molecule has 0 bridgehead atoms. The first-order chi connectivity index (χ1) is 14.2. The largest absolute Gasteiger partial charge is 0.472 e.